The molecule has 0 saturated carbocycles. The first-order valence-corrected chi connectivity index (χ1v) is 8.11. The van der Waals surface area contributed by atoms with Crippen LogP contribution in [0.3, 0.4) is 0 Å². The number of fused-ring (bicyclic) bond motifs is 1. The molecule has 1 aliphatic rings. The van der Waals surface area contributed by atoms with Crippen molar-refractivity contribution < 1.29 is 4.74 Å². The molecule has 1 N–H and O–H groups in total. The van der Waals surface area contributed by atoms with Gasteiger partial charge in [0.15, 0.2) is 0 Å². The van der Waals surface area contributed by atoms with E-state index in [9.17, 15) is 0 Å². The SMILES string of the molecule is CCCC(COC)NC(C)c1ccc2c(c1)CCCC2. The van der Waals surface area contributed by atoms with Crippen LogP contribution in [0.25, 0.3) is 0 Å². The molecule has 2 atom stereocenters. The minimum atomic E-state index is 0.397. The molecule has 0 saturated heterocycles. The Bertz CT molecular complexity index is 410. The van der Waals surface area contributed by atoms with E-state index in [1.54, 1.807) is 18.2 Å². The first kappa shape index (κ1) is 15.5. The highest BCUT2D eigenvalue weighted by Gasteiger charge is 2.15. The highest BCUT2D eigenvalue weighted by Crippen LogP contribution is 2.25. The molecule has 0 amide bonds. The molecule has 1 aromatic carbocycles. The van der Waals surface area contributed by atoms with Crippen LogP contribution >= 0.6 is 0 Å². The first-order valence-electron chi connectivity index (χ1n) is 8.11. The molecule has 0 fully saturated rings. The van der Waals surface area contributed by atoms with Gasteiger partial charge >= 0.3 is 0 Å². The van der Waals surface area contributed by atoms with E-state index in [1.807, 2.05) is 0 Å². The monoisotopic (exact) mass is 275 g/mol. The molecule has 2 unspecified atom stereocenters. The topological polar surface area (TPSA) is 21.3 Å². The predicted molar refractivity (Wildman–Crippen MR) is 85.2 cm³/mol. The summed E-state index contributed by atoms with van der Waals surface area (Å²) in [5.74, 6) is 0. The molecule has 0 aliphatic heterocycles. The molecule has 2 rings (SSSR count). The lowest BCUT2D eigenvalue weighted by Gasteiger charge is -2.24. The van der Waals surface area contributed by atoms with Crippen molar-refractivity contribution in [1.29, 1.82) is 0 Å². The van der Waals surface area contributed by atoms with Gasteiger partial charge in [0.05, 0.1) is 6.61 Å². The highest BCUT2D eigenvalue weighted by molar-refractivity contribution is 5.35. The van der Waals surface area contributed by atoms with Crippen LogP contribution in [0.1, 0.15) is 62.3 Å². The Morgan fingerprint density at radius 1 is 1.20 bits per heavy atom. The van der Waals surface area contributed by atoms with E-state index in [-0.39, 0.29) is 0 Å². The van der Waals surface area contributed by atoms with Crippen molar-refractivity contribution in [3.8, 4) is 0 Å². The molecule has 0 heterocycles. The quantitative estimate of drug-likeness (QED) is 0.811. The van der Waals surface area contributed by atoms with Gasteiger partial charge in [0, 0.05) is 19.2 Å². The van der Waals surface area contributed by atoms with Gasteiger partial charge in [-0.05, 0) is 55.7 Å². The van der Waals surface area contributed by atoms with E-state index in [4.69, 9.17) is 4.74 Å². The van der Waals surface area contributed by atoms with Gasteiger partial charge in [0.1, 0.15) is 0 Å². The average Bonchev–Trinajstić information content (AvgIpc) is 2.47. The Kier molecular flexibility index (Phi) is 6.06. The predicted octanol–water partition coefficient (Wildman–Crippen LogP) is 4.03. The van der Waals surface area contributed by atoms with Crippen LogP contribution in [0.15, 0.2) is 18.2 Å². The van der Waals surface area contributed by atoms with Crippen LogP contribution in [0, 0.1) is 0 Å². The highest BCUT2D eigenvalue weighted by atomic mass is 16.5. The van der Waals surface area contributed by atoms with Gasteiger partial charge in [-0.15, -0.1) is 0 Å². The first-order chi connectivity index (χ1) is 9.74. The maximum Gasteiger partial charge on any atom is 0.0616 e. The fraction of sp³-hybridized carbons (Fsp3) is 0.667. The van der Waals surface area contributed by atoms with E-state index >= 15 is 0 Å². The molecule has 0 bridgehead atoms. The van der Waals surface area contributed by atoms with Crippen molar-refractivity contribution in [2.24, 2.45) is 0 Å². The maximum absolute atomic E-state index is 5.32. The lowest BCUT2D eigenvalue weighted by Crippen LogP contribution is -2.35. The summed E-state index contributed by atoms with van der Waals surface area (Å²) in [5, 5.41) is 3.72. The lowest BCUT2D eigenvalue weighted by atomic mass is 9.89. The van der Waals surface area contributed by atoms with Crippen LogP contribution in [-0.2, 0) is 17.6 Å². The van der Waals surface area contributed by atoms with Crippen molar-refractivity contribution in [3.63, 3.8) is 0 Å². The Labute approximate surface area is 123 Å². The van der Waals surface area contributed by atoms with Gasteiger partial charge < -0.3 is 10.1 Å². The van der Waals surface area contributed by atoms with E-state index < -0.39 is 0 Å². The van der Waals surface area contributed by atoms with Crippen LogP contribution in [-0.4, -0.2) is 19.8 Å². The average molecular weight is 275 g/mol. The molecule has 0 spiro atoms. The molecular weight excluding hydrogens is 246 g/mol. The minimum absolute atomic E-state index is 0.397. The van der Waals surface area contributed by atoms with Gasteiger partial charge in [-0.25, -0.2) is 0 Å². The van der Waals surface area contributed by atoms with E-state index in [1.165, 1.54) is 44.1 Å². The van der Waals surface area contributed by atoms with Gasteiger partial charge in [0.2, 0.25) is 0 Å². The molecule has 2 nitrogen and oxygen atoms in total. The van der Waals surface area contributed by atoms with Crippen LogP contribution in [0.5, 0.6) is 0 Å². The minimum Gasteiger partial charge on any atom is -0.383 e. The Hall–Kier alpha value is -0.860. The summed E-state index contributed by atoms with van der Waals surface area (Å²) in [6, 6.07) is 7.91. The van der Waals surface area contributed by atoms with Crippen molar-refractivity contribution in [2.45, 2.75) is 64.5 Å². The third-order valence-corrected chi connectivity index (χ3v) is 4.36. The number of hydrogen-bond donors (Lipinski definition) is 1. The molecule has 112 valence electrons. The third-order valence-electron chi connectivity index (χ3n) is 4.36. The fourth-order valence-electron chi connectivity index (χ4n) is 3.24. The van der Waals surface area contributed by atoms with Crippen molar-refractivity contribution in [1.82, 2.24) is 5.32 Å². The van der Waals surface area contributed by atoms with Gasteiger partial charge in [-0.1, -0.05) is 31.5 Å². The molecule has 0 radical (unpaired) electrons. The summed E-state index contributed by atoms with van der Waals surface area (Å²) in [5.41, 5.74) is 4.55. The van der Waals surface area contributed by atoms with Gasteiger partial charge in [-0.2, -0.15) is 0 Å². The van der Waals surface area contributed by atoms with Gasteiger partial charge in [-0.3, -0.25) is 0 Å². The number of ether oxygens (including phenoxy) is 1. The number of benzene rings is 1. The standard InChI is InChI=1S/C18H29NO/c1-4-7-18(13-20-3)19-14(2)16-11-10-15-8-5-6-9-17(15)12-16/h10-12,14,18-19H,4-9,13H2,1-3H3. The largest absolute Gasteiger partial charge is 0.383 e. The second-order valence-electron chi connectivity index (χ2n) is 6.06. The van der Waals surface area contributed by atoms with E-state index in [0.29, 0.717) is 12.1 Å². The van der Waals surface area contributed by atoms with Crippen molar-refractivity contribution in [3.05, 3.63) is 34.9 Å². The second kappa shape index (κ2) is 7.80. The normalized spacial score (nSPS) is 17.6. The summed E-state index contributed by atoms with van der Waals surface area (Å²) in [4.78, 5) is 0. The number of aryl methyl sites for hydroxylation is 2. The molecule has 0 aromatic heterocycles. The van der Waals surface area contributed by atoms with Crippen LogP contribution < -0.4 is 5.32 Å². The molecule has 1 aromatic rings. The summed E-state index contributed by atoms with van der Waals surface area (Å²) in [7, 11) is 1.79. The smallest absolute Gasteiger partial charge is 0.0616 e. The summed E-state index contributed by atoms with van der Waals surface area (Å²) < 4.78 is 5.32. The van der Waals surface area contributed by atoms with Crippen molar-refractivity contribution in [2.75, 3.05) is 13.7 Å². The van der Waals surface area contributed by atoms with E-state index in [2.05, 4.69) is 37.4 Å². The van der Waals surface area contributed by atoms with E-state index in [0.717, 1.165) is 6.61 Å². The molecular formula is C18H29NO. The maximum atomic E-state index is 5.32. The molecule has 20 heavy (non-hydrogen) atoms. The zero-order chi connectivity index (χ0) is 14.4. The number of nitrogens with one attached hydrogen (secondary N) is 1. The number of methoxy groups -OCH3 is 1. The molecule has 1 aliphatic carbocycles. The number of rotatable bonds is 7. The summed E-state index contributed by atoms with van der Waals surface area (Å²) in [6.07, 6.45) is 7.58. The lowest BCUT2D eigenvalue weighted by molar-refractivity contribution is 0.157. The fourth-order valence-corrected chi connectivity index (χ4v) is 3.24. The Morgan fingerprint density at radius 2 is 1.95 bits per heavy atom. The van der Waals surface area contributed by atoms with Gasteiger partial charge in [0.25, 0.3) is 0 Å². The summed E-state index contributed by atoms with van der Waals surface area (Å²) in [6.45, 7) is 5.29. The van der Waals surface area contributed by atoms with Crippen molar-refractivity contribution >= 4 is 0 Å². The van der Waals surface area contributed by atoms with Crippen LogP contribution in [0.2, 0.25) is 0 Å². The zero-order valence-electron chi connectivity index (χ0n) is 13.2. The zero-order valence-corrected chi connectivity index (χ0v) is 13.2. The second-order valence-corrected chi connectivity index (χ2v) is 6.06. The third kappa shape index (κ3) is 4.07. The Morgan fingerprint density at radius 3 is 2.65 bits per heavy atom. The Balaban J connectivity index is 2.02. The summed E-state index contributed by atoms with van der Waals surface area (Å²) >= 11 is 0. The number of hydrogen-bond acceptors (Lipinski definition) is 2. The molecule has 2 heteroatoms. The van der Waals surface area contributed by atoms with Crippen LogP contribution in [0.4, 0.5) is 0 Å².